The van der Waals surface area contributed by atoms with E-state index in [0.29, 0.717) is 19.1 Å². The third kappa shape index (κ3) is 8.52. The first-order chi connectivity index (χ1) is 25.6. The van der Waals surface area contributed by atoms with E-state index in [1.807, 2.05) is 4.90 Å². The van der Waals surface area contributed by atoms with Crippen LogP contribution in [0, 0.1) is 0 Å². The Balaban J connectivity index is 1.60. The highest BCUT2D eigenvalue weighted by Gasteiger charge is 2.43. The summed E-state index contributed by atoms with van der Waals surface area (Å²) in [5, 5.41) is 2.08. The number of pyridine rings is 1. The Morgan fingerprint density at radius 1 is 0.926 bits per heavy atom. The molecule has 1 atom stereocenters. The van der Waals surface area contributed by atoms with Gasteiger partial charge in [-0.1, -0.05) is 49.4 Å². The zero-order chi connectivity index (χ0) is 38.8. The van der Waals surface area contributed by atoms with Gasteiger partial charge in [-0.15, -0.1) is 0 Å². The number of alkyl halides is 6. The van der Waals surface area contributed by atoms with Crippen molar-refractivity contribution in [1.29, 1.82) is 0 Å². The van der Waals surface area contributed by atoms with Crippen LogP contribution in [0.25, 0.3) is 22.2 Å². The number of carbonyl (C=O) groups excluding carboxylic acids is 1. The smallest absolute Gasteiger partial charge is 0.416 e. The number of halogens is 6. The maximum atomic E-state index is 14.7. The van der Waals surface area contributed by atoms with E-state index in [1.54, 1.807) is 6.92 Å². The largest absolute Gasteiger partial charge is 0.492 e. The summed E-state index contributed by atoms with van der Waals surface area (Å²) >= 11 is 0. The summed E-state index contributed by atoms with van der Waals surface area (Å²) in [5.74, 6) is -1.64. The topological polar surface area (TPSA) is 91.8 Å². The van der Waals surface area contributed by atoms with Crippen molar-refractivity contribution in [1.82, 2.24) is 20.1 Å². The molecule has 1 aromatic heterocycles. The van der Waals surface area contributed by atoms with Gasteiger partial charge in [0, 0.05) is 35.2 Å². The Hall–Kier alpha value is -4.21. The molecular formula is C39H42F6N4O4S. The molecule has 3 aromatic carbocycles. The van der Waals surface area contributed by atoms with Crippen molar-refractivity contribution in [2.45, 2.75) is 75.4 Å². The lowest BCUT2D eigenvalue weighted by molar-refractivity contribution is -0.155. The number of piperidine rings is 1. The number of amides is 1. The van der Waals surface area contributed by atoms with Crippen LogP contribution in [-0.4, -0.2) is 79.9 Å². The average molecular weight is 777 g/mol. The lowest BCUT2D eigenvalue weighted by Gasteiger charge is -2.37. The summed E-state index contributed by atoms with van der Waals surface area (Å²) in [7, 11) is -4.02. The number of carbonyl (C=O) groups is 1. The summed E-state index contributed by atoms with van der Waals surface area (Å²) < 4.78 is 119. The molecule has 0 saturated carbocycles. The Bertz CT molecular complexity index is 2080. The lowest BCUT2D eigenvalue weighted by Crippen LogP contribution is -2.44. The van der Waals surface area contributed by atoms with E-state index in [0.717, 1.165) is 50.9 Å². The van der Waals surface area contributed by atoms with Gasteiger partial charge in [-0.3, -0.25) is 9.69 Å². The van der Waals surface area contributed by atoms with Crippen LogP contribution >= 0.6 is 0 Å². The zero-order valence-corrected chi connectivity index (χ0v) is 30.8. The number of nitrogens with one attached hydrogen (secondary N) is 1. The van der Waals surface area contributed by atoms with Crippen LogP contribution in [0.4, 0.5) is 26.3 Å². The van der Waals surface area contributed by atoms with Crippen molar-refractivity contribution >= 4 is 26.6 Å². The van der Waals surface area contributed by atoms with Crippen LogP contribution in [0.2, 0.25) is 0 Å². The van der Waals surface area contributed by atoms with Crippen LogP contribution in [0.15, 0.2) is 71.6 Å². The quantitative estimate of drug-likeness (QED) is 0.154. The molecule has 0 aliphatic carbocycles. The molecule has 4 aromatic rings. The maximum Gasteiger partial charge on any atom is 0.416 e. The molecule has 0 unspecified atom stereocenters. The molecule has 54 heavy (non-hydrogen) atoms. The molecule has 2 aliphatic rings. The highest BCUT2D eigenvalue weighted by atomic mass is 32.2. The zero-order valence-electron chi connectivity index (χ0n) is 29.9. The Labute approximate surface area is 310 Å². The van der Waals surface area contributed by atoms with Gasteiger partial charge >= 0.3 is 12.4 Å². The number of hydrogen-bond acceptors (Lipinski definition) is 7. The monoisotopic (exact) mass is 776 g/mol. The van der Waals surface area contributed by atoms with Crippen molar-refractivity contribution in [2.75, 3.05) is 38.5 Å². The standard InChI is InChI=1S/C39H42F6N4O4S/c1-3-53-32-23-31-29(22-33(32)54(51,52)4-2)34(37(50)47-36(39(43,44)45)25-11-6-5-7-12-25)30(24-48-19-15-28(16-20-48)49-17-8-9-18-49)35(46-31)26-13-10-14-27(21-26)38(40,41)42/h5-7,10-14,21-23,28,36H,3-4,8-9,15-20,24H2,1-2H3,(H,47,50)/t36-/m1/s1. The minimum Gasteiger partial charge on any atom is -0.492 e. The summed E-state index contributed by atoms with van der Waals surface area (Å²) in [6.07, 6.45) is -5.88. The lowest BCUT2D eigenvalue weighted by atomic mass is 9.93. The van der Waals surface area contributed by atoms with Crippen LogP contribution < -0.4 is 10.1 Å². The third-order valence-electron chi connectivity index (χ3n) is 10.2. The second kappa shape index (κ2) is 15.9. The fraction of sp³-hybridized carbons (Fsp3) is 0.436. The fourth-order valence-electron chi connectivity index (χ4n) is 7.45. The number of aromatic nitrogens is 1. The molecular weight excluding hydrogens is 735 g/mol. The van der Waals surface area contributed by atoms with Crippen LogP contribution in [0.1, 0.15) is 72.6 Å². The van der Waals surface area contributed by atoms with Gasteiger partial charge in [-0.05, 0) is 82.5 Å². The summed E-state index contributed by atoms with van der Waals surface area (Å²) in [6.45, 7) is 6.14. The van der Waals surface area contributed by atoms with Gasteiger partial charge in [-0.25, -0.2) is 13.4 Å². The molecule has 2 saturated heterocycles. The molecule has 2 aliphatic heterocycles. The second-order valence-corrected chi connectivity index (χ2v) is 15.9. The van der Waals surface area contributed by atoms with Gasteiger partial charge < -0.3 is 15.0 Å². The van der Waals surface area contributed by atoms with Gasteiger partial charge in [0.2, 0.25) is 0 Å². The van der Waals surface area contributed by atoms with Crippen molar-refractivity contribution in [3.8, 4) is 17.0 Å². The van der Waals surface area contributed by atoms with E-state index in [4.69, 9.17) is 9.72 Å². The van der Waals surface area contributed by atoms with Crippen LogP contribution in [0.3, 0.4) is 0 Å². The number of benzene rings is 3. The molecule has 3 heterocycles. The second-order valence-electron chi connectivity index (χ2n) is 13.7. The number of likely N-dealkylation sites (tertiary alicyclic amines) is 2. The van der Waals surface area contributed by atoms with Gasteiger partial charge in [0.1, 0.15) is 10.6 Å². The molecule has 2 fully saturated rings. The highest BCUT2D eigenvalue weighted by Crippen LogP contribution is 2.40. The fourth-order valence-corrected chi connectivity index (χ4v) is 8.48. The van der Waals surface area contributed by atoms with Crippen molar-refractivity contribution in [3.05, 3.63) is 89.0 Å². The molecule has 0 radical (unpaired) electrons. The van der Waals surface area contributed by atoms with Gasteiger partial charge in [0.05, 0.1) is 34.7 Å². The molecule has 0 spiro atoms. The van der Waals surface area contributed by atoms with Crippen LogP contribution in [0.5, 0.6) is 5.75 Å². The van der Waals surface area contributed by atoms with E-state index in [9.17, 15) is 39.6 Å². The number of hydrogen-bond donors (Lipinski definition) is 1. The molecule has 290 valence electrons. The molecule has 1 amide bonds. The predicted octanol–water partition coefficient (Wildman–Crippen LogP) is 8.21. The first-order valence-electron chi connectivity index (χ1n) is 18.0. The summed E-state index contributed by atoms with van der Waals surface area (Å²) in [4.78, 5) is 23.5. The number of nitrogens with zero attached hydrogens (tertiary/aromatic N) is 3. The van der Waals surface area contributed by atoms with Crippen molar-refractivity contribution in [2.24, 2.45) is 0 Å². The maximum absolute atomic E-state index is 14.7. The van der Waals surface area contributed by atoms with E-state index in [-0.39, 0.29) is 68.4 Å². The SMILES string of the molecule is CCOc1cc2nc(-c3cccc(C(F)(F)F)c3)c(CN3CCC(N4CCCC4)CC3)c(C(=O)N[C@H](c3ccccc3)C(F)(F)F)c2cc1S(=O)(=O)CC. The van der Waals surface area contributed by atoms with E-state index in [1.165, 1.54) is 61.5 Å². The minimum absolute atomic E-state index is 0.0126. The van der Waals surface area contributed by atoms with Crippen molar-refractivity contribution in [3.63, 3.8) is 0 Å². The minimum atomic E-state index is -4.94. The molecule has 0 bridgehead atoms. The highest BCUT2D eigenvalue weighted by molar-refractivity contribution is 7.91. The first kappa shape index (κ1) is 39.5. The molecule has 15 heteroatoms. The Morgan fingerprint density at radius 2 is 1.61 bits per heavy atom. The van der Waals surface area contributed by atoms with Gasteiger partial charge in [0.15, 0.2) is 15.9 Å². The number of ether oxygens (including phenoxy) is 1. The molecule has 1 N–H and O–H groups in total. The molecule has 8 nitrogen and oxygen atoms in total. The normalized spacial score (nSPS) is 17.2. The first-order valence-corrected chi connectivity index (χ1v) is 19.7. The Morgan fingerprint density at radius 3 is 2.22 bits per heavy atom. The van der Waals surface area contributed by atoms with E-state index < -0.39 is 39.7 Å². The number of fused-ring (bicyclic) bond motifs is 1. The summed E-state index contributed by atoms with van der Waals surface area (Å²) in [6, 6.07) is 11.5. The van der Waals surface area contributed by atoms with Crippen molar-refractivity contribution < 1.29 is 44.3 Å². The number of rotatable bonds is 11. The van der Waals surface area contributed by atoms with Gasteiger partial charge in [-0.2, -0.15) is 26.3 Å². The molecule has 6 rings (SSSR count). The average Bonchev–Trinajstić information content (AvgIpc) is 3.69. The number of sulfone groups is 1. The Kier molecular flexibility index (Phi) is 11.6. The van der Waals surface area contributed by atoms with E-state index >= 15 is 0 Å². The predicted molar refractivity (Wildman–Crippen MR) is 193 cm³/mol. The summed E-state index contributed by atoms with van der Waals surface area (Å²) in [5.41, 5.74) is -1.55. The van der Waals surface area contributed by atoms with E-state index in [2.05, 4.69) is 10.2 Å². The van der Waals surface area contributed by atoms with Crippen LogP contribution in [-0.2, 0) is 22.6 Å². The van der Waals surface area contributed by atoms with Gasteiger partial charge in [0.25, 0.3) is 5.91 Å². The third-order valence-corrected chi connectivity index (χ3v) is 11.9.